The fourth-order valence-corrected chi connectivity index (χ4v) is 6.34. The Kier molecular flexibility index (Phi) is 10.5. The number of amides is 3. The minimum Gasteiger partial charge on any atom is -0.507 e. The van der Waals surface area contributed by atoms with Crippen LogP contribution in [0, 0.1) is 0 Å². The number of carboxylic acid groups (broad SMARTS) is 1. The number of rotatable bonds is 11. The van der Waals surface area contributed by atoms with E-state index in [0.29, 0.717) is 16.8 Å². The molecule has 0 fully saturated rings. The van der Waals surface area contributed by atoms with Crippen molar-refractivity contribution in [2.75, 3.05) is 10.6 Å². The first kappa shape index (κ1) is 34.2. The fraction of sp³-hybridized carbons (Fsp3) is 0.0244. The fourth-order valence-electron chi connectivity index (χ4n) is 5.32. The second kappa shape index (κ2) is 15.7. The Morgan fingerprint density at radius 1 is 0.667 bits per heavy atom. The standard InChI is InChI=1S/C41H31N3O6S/c45-36-23-20-31(25-34(36)41(49)50)43-40(48)37(27-11-3-1-4-12-27)51-32-21-18-30(19-22-32)42-39(47)35(44-38(46)28-13-5-2-6-14-28)24-29-16-9-15-26-10-7-8-17-33(26)29/h1-25,37,45H,(H,42,47)(H,43,48)(H,44,46)(H,49,50)/b35-24-. The van der Waals surface area contributed by atoms with Gasteiger partial charge in [0.2, 0.25) is 5.91 Å². The third-order valence-corrected chi connectivity index (χ3v) is 9.12. The molecule has 5 N–H and O–H groups in total. The van der Waals surface area contributed by atoms with E-state index in [1.165, 1.54) is 30.0 Å². The predicted octanol–water partition coefficient (Wildman–Crippen LogP) is 8.13. The number of nitrogens with one attached hydrogen (secondary N) is 3. The van der Waals surface area contributed by atoms with Crippen molar-refractivity contribution >= 4 is 63.7 Å². The molecule has 0 saturated heterocycles. The molecule has 1 unspecified atom stereocenters. The summed E-state index contributed by atoms with van der Waals surface area (Å²) >= 11 is 1.27. The molecule has 10 heteroatoms. The molecule has 3 amide bonds. The zero-order chi connectivity index (χ0) is 35.7. The average molecular weight is 694 g/mol. The second-order valence-corrected chi connectivity index (χ2v) is 12.5. The number of aromatic hydroxyl groups is 1. The lowest BCUT2D eigenvalue weighted by atomic mass is 10.0. The molecule has 6 rings (SSSR count). The monoisotopic (exact) mass is 693 g/mol. The van der Waals surface area contributed by atoms with Crippen LogP contribution >= 0.6 is 11.8 Å². The molecule has 0 aliphatic carbocycles. The van der Waals surface area contributed by atoms with Gasteiger partial charge in [-0.15, -0.1) is 11.8 Å². The molecule has 0 aliphatic heterocycles. The predicted molar refractivity (Wildman–Crippen MR) is 200 cm³/mol. The van der Waals surface area contributed by atoms with Crippen LogP contribution < -0.4 is 16.0 Å². The zero-order valence-electron chi connectivity index (χ0n) is 26.9. The molecule has 9 nitrogen and oxygen atoms in total. The first-order chi connectivity index (χ1) is 24.7. The largest absolute Gasteiger partial charge is 0.507 e. The van der Waals surface area contributed by atoms with Gasteiger partial charge in [-0.05, 0) is 82.6 Å². The molecule has 252 valence electrons. The van der Waals surface area contributed by atoms with Gasteiger partial charge >= 0.3 is 5.97 Å². The third-order valence-electron chi connectivity index (χ3n) is 7.85. The van der Waals surface area contributed by atoms with Gasteiger partial charge in [0.15, 0.2) is 0 Å². The Bertz CT molecular complexity index is 2250. The van der Waals surface area contributed by atoms with Gasteiger partial charge in [-0.3, -0.25) is 14.4 Å². The molecule has 0 saturated carbocycles. The van der Waals surface area contributed by atoms with Crippen molar-refractivity contribution in [1.82, 2.24) is 5.32 Å². The highest BCUT2D eigenvalue weighted by atomic mass is 32.2. The van der Waals surface area contributed by atoms with Gasteiger partial charge in [0, 0.05) is 21.8 Å². The maximum Gasteiger partial charge on any atom is 0.339 e. The van der Waals surface area contributed by atoms with Crippen molar-refractivity contribution in [2.45, 2.75) is 10.1 Å². The minimum atomic E-state index is -1.32. The molecule has 6 aromatic carbocycles. The Hall–Kier alpha value is -6.65. The first-order valence-electron chi connectivity index (χ1n) is 15.8. The molecule has 1 atom stereocenters. The molecule has 6 aromatic rings. The van der Waals surface area contributed by atoms with Crippen molar-refractivity contribution in [3.8, 4) is 5.75 Å². The van der Waals surface area contributed by atoms with E-state index in [2.05, 4.69) is 16.0 Å². The van der Waals surface area contributed by atoms with Crippen LogP contribution in [-0.2, 0) is 9.59 Å². The Morgan fingerprint density at radius 2 is 1.31 bits per heavy atom. The van der Waals surface area contributed by atoms with Crippen molar-refractivity contribution in [1.29, 1.82) is 0 Å². The van der Waals surface area contributed by atoms with E-state index in [1.807, 2.05) is 72.8 Å². The van der Waals surface area contributed by atoms with E-state index < -0.39 is 34.7 Å². The van der Waals surface area contributed by atoms with Crippen molar-refractivity contribution in [3.05, 3.63) is 174 Å². The van der Waals surface area contributed by atoms with E-state index in [1.54, 1.807) is 60.7 Å². The molecule has 0 aromatic heterocycles. The lowest BCUT2D eigenvalue weighted by Crippen LogP contribution is -2.30. The number of thioether (sulfide) groups is 1. The van der Waals surface area contributed by atoms with Crippen molar-refractivity contribution < 1.29 is 29.4 Å². The van der Waals surface area contributed by atoms with Crippen molar-refractivity contribution in [3.63, 3.8) is 0 Å². The zero-order valence-corrected chi connectivity index (χ0v) is 27.8. The highest BCUT2D eigenvalue weighted by molar-refractivity contribution is 8.00. The number of anilines is 2. The molecule has 0 bridgehead atoms. The van der Waals surface area contributed by atoms with E-state index in [4.69, 9.17) is 0 Å². The van der Waals surface area contributed by atoms with E-state index in [-0.39, 0.29) is 16.9 Å². The SMILES string of the molecule is O=C(Nc1ccc(SC(C(=O)Nc2ccc(O)c(C(=O)O)c2)c2ccccc2)cc1)/C(=C/c1cccc2ccccc12)NC(=O)c1ccccc1. The molecule has 0 spiro atoms. The molecule has 0 radical (unpaired) electrons. The summed E-state index contributed by atoms with van der Waals surface area (Å²) in [6.45, 7) is 0. The van der Waals surface area contributed by atoms with Gasteiger partial charge in [-0.2, -0.15) is 0 Å². The number of hydrogen-bond donors (Lipinski definition) is 5. The maximum absolute atomic E-state index is 13.7. The quantitative estimate of drug-likeness (QED) is 0.0524. The van der Waals surface area contributed by atoms with Crippen molar-refractivity contribution in [2.24, 2.45) is 0 Å². The molecular formula is C41H31N3O6S. The summed E-state index contributed by atoms with van der Waals surface area (Å²) in [5, 5.41) is 28.9. The third kappa shape index (κ3) is 8.51. The second-order valence-electron chi connectivity index (χ2n) is 11.4. The summed E-state index contributed by atoms with van der Waals surface area (Å²) < 4.78 is 0. The van der Waals surface area contributed by atoms with Gasteiger partial charge in [0.25, 0.3) is 11.8 Å². The lowest BCUT2D eigenvalue weighted by Gasteiger charge is -2.18. The molecule has 0 aliphatic rings. The van der Waals surface area contributed by atoms with Crippen LogP contribution in [0.15, 0.2) is 156 Å². The average Bonchev–Trinajstić information content (AvgIpc) is 3.15. The van der Waals surface area contributed by atoms with Crippen LogP contribution in [-0.4, -0.2) is 33.9 Å². The summed E-state index contributed by atoms with van der Waals surface area (Å²) in [5.74, 6) is -3.08. The van der Waals surface area contributed by atoms with Crippen LogP contribution in [0.4, 0.5) is 11.4 Å². The van der Waals surface area contributed by atoms with Gasteiger partial charge < -0.3 is 26.2 Å². The molecule has 0 heterocycles. The lowest BCUT2D eigenvalue weighted by molar-refractivity contribution is -0.116. The topological polar surface area (TPSA) is 145 Å². The number of benzene rings is 6. The summed E-state index contributed by atoms with van der Waals surface area (Å²) in [4.78, 5) is 52.6. The van der Waals surface area contributed by atoms with Gasteiger partial charge in [-0.25, -0.2) is 4.79 Å². The summed E-state index contributed by atoms with van der Waals surface area (Å²) in [6, 6.07) is 42.0. The summed E-state index contributed by atoms with van der Waals surface area (Å²) in [5.41, 5.74) is 2.29. The van der Waals surface area contributed by atoms with Crippen LogP contribution in [0.1, 0.15) is 37.1 Å². The summed E-state index contributed by atoms with van der Waals surface area (Å²) in [6.07, 6.45) is 1.65. The van der Waals surface area contributed by atoms with E-state index >= 15 is 0 Å². The van der Waals surface area contributed by atoms with Crippen LogP contribution in [0.25, 0.3) is 16.8 Å². The number of aromatic carboxylic acids is 1. The van der Waals surface area contributed by atoms with Crippen LogP contribution in [0.3, 0.4) is 0 Å². The van der Waals surface area contributed by atoms with E-state index in [9.17, 15) is 29.4 Å². The summed E-state index contributed by atoms with van der Waals surface area (Å²) in [7, 11) is 0. The van der Waals surface area contributed by atoms with Gasteiger partial charge in [-0.1, -0.05) is 91.0 Å². The van der Waals surface area contributed by atoms with Crippen LogP contribution in [0.5, 0.6) is 5.75 Å². The normalized spacial score (nSPS) is 11.7. The Labute approximate surface area is 297 Å². The van der Waals surface area contributed by atoms with Gasteiger partial charge in [0.1, 0.15) is 22.3 Å². The van der Waals surface area contributed by atoms with E-state index in [0.717, 1.165) is 21.2 Å². The Balaban J connectivity index is 1.22. The van der Waals surface area contributed by atoms with Gasteiger partial charge in [0.05, 0.1) is 0 Å². The highest BCUT2D eigenvalue weighted by Crippen LogP contribution is 2.37. The molecule has 51 heavy (non-hydrogen) atoms. The number of carbonyl (C=O) groups excluding carboxylic acids is 3. The smallest absolute Gasteiger partial charge is 0.339 e. The number of fused-ring (bicyclic) bond motifs is 1. The highest BCUT2D eigenvalue weighted by Gasteiger charge is 2.23. The number of hydrogen-bond acceptors (Lipinski definition) is 6. The van der Waals surface area contributed by atoms with Crippen LogP contribution in [0.2, 0.25) is 0 Å². The maximum atomic E-state index is 13.7. The molecular weight excluding hydrogens is 663 g/mol. The Morgan fingerprint density at radius 3 is 2.04 bits per heavy atom. The number of carboxylic acids is 1. The number of phenols is 1. The first-order valence-corrected chi connectivity index (χ1v) is 16.7. The number of carbonyl (C=O) groups is 4. The minimum absolute atomic E-state index is 0.0553.